The molecule has 0 aliphatic carbocycles. The number of rotatable bonds is 2. The molecule has 9 nitrogen and oxygen atoms in total. The van der Waals surface area contributed by atoms with E-state index in [0.717, 1.165) is 61.3 Å². The lowest BCUT2D eigenvalue weighted by molar-refractivity contribution is 0.0650. The molecule has 2 aliphatic heterocycles. The summed E-state index contributed by atoms with van der Waals surface area (Å²) in [6.45, 7) is 4.84. The Morgan fingerprint density at radius 2 is 2.11 bits per heavy atom. The molecule has 0 unspecified atom stereocenters. The van der Waals surface area contributed by atoms with E-state index < -0.39 is 0 Å². The van der Waals surface area contributed by atoms with Crippen molar-refractivity contribution in [1.82, 2.24) is 29.5 Å². The Labute approximate surface area is 167 Å². The summed E-state index contributed by atoms with van der Waals surface area (Å²) in [6.07, 6.45) is 5.21. The molecular weight excluding hydrogens is 382 g/mol. The Kier molecular flexibility index (Phi) is 4.56. The van der Waals surface area contributed by atoms with Crippen LogP contribution in [0.3, 0.4) is 0 Å². The van der Waals surface area contributed by atoms with Crippen molar-refractivity contribution in [2.75, 3.05) is 25.1 Å². The van der Waals surface area contributed by atoms with Gasteiger partial charge in [-0.15, -0.1) is 5.10 Å². The van der Waals surface area contributed by atoms with Crippen molar-refractivity contribution < 1.29 is 9.47 Å². The van der Waals surface area contributed by atoms with Crippen molar-refractivity contribution >= 4 is 34.3 Å². The molecule has 28 heavy (non-hydrogen) atoms. The van der Waals surface area contributed by atoms with Gasteiger partial charge in [0.15, 0.2) is 10.8 Å². The molecular formula is C18H22ClN7O2. The lowest BCUT2D eigenvalue weighted by atomic mass is 10.1. The number of anilines is 2. The van der Waals surface area contributed by atoms with Crippen LogP contribution in [0.2, 0.25) is 5.15 Å². The monoisotopic (exact) mass is 403 g/mol. The van der Waals surface area contributed by atoms with E-state index in [1.54, 1.807) is 10.9 Å². The predicted molar refractivity (Wildman–Crippen MR) is 104 cm³/mol. The number of aromatic nitrogens is 6. The maximum atomic E-state index is 6.23. The molecule has 1 saturated heterocycles. The highest BCUT2D eigenvalue weighted by Gasteiger charge is 2.26. The topological polar surface area (TPSA) is 91.9 Å². The first kappa shape index (κ1) is 17.7. The number of aryl methyl sites for hydroxylation is 1. The molecule has 0 saturated carbocycles. The fourth-order valence-corrected chi connectivity index (χ4v) is 4.10. The van der Waals surface area contributed by atoms with Crippen LogP contribution < -0.4 is 10.1 Å². The maximum Gasteiger partial charge on any atom is 0.257 e. The summed E-state index contributed by atoms with van der Waals surface area (Å²) in [5, 5.41) is 13.7. The molecule has 2 aliphatic rings. The molecule has 0 amide bonds. The van der Waals surface area contributed by atoms with Crippen LogP contribution in [0.25, 0.3) is 11.0 Å². The molecule has 10 heteroatoms. The van der Waals surface area contributed by atoms with Crippen LogP contribution in [-0.4, -0.2) is 49.3 Å². The highest BCUT2D eigenvalue weighted by molar-refractivity contribution is 6.34. The SMILES string of the molecule is CCc1c2c(nn1C1CCOCC1)OCCCn1nc(Cl)c3cnc(nc31)N2. The Morgan fingerprint density at radius 1 is 1.25 bits per heavy atom. The molecule has 5 heterocycles. The van der Waals surface area contributed by atoms with E-state index in [1.165, 1.54) is 0 Å². The second-order valence-electron chi connectivity index (χ2n) is 7.04. The van der Waals surface area contributed by atoms with E-state index in [1.807, 2.05) is 0 Å². The maximum absolute atomic E-state index is 6.23. The predicted octanol–water partition coefficient (Wildman–Crippen LogP) is 3.12. The first-order chi connectivity index (χ1) is 13.7. The number of fused-ring (bicyclic) bond motifs is 2. The minimum absolute atomic E-state index is 0.318. The molecule has 5 rings (SSSR count). The van der Waals surface area contributed by atoms with Crippen LogP contribution in [0, 0.1) is 0 Å². The van der Waals surface area contributed by atoms with E-state index in [9.17, 15) is 0 Å². The van der Waals surface area contributed by atoms with Crippen molar-refractivity contribution in [3.8, 4) is 5.88 Å². The largest absolute Gasteiger partial charge is 0.475 e. The summed E-state index contributed by atoms with van der Waals surface area (Å²) in [4.78, 5) is 9.09. The third kappa shape index (κ3) is 2.98. The van der Waals surface area contributed by atoms with Gasteiger partial charge in [-0.1, -0.05) is 18.5 Å². The lowest BCUT2D eigenvalue weighted by Gasteiger charge is -2.24. The average Bonchev–Trinajstić information content (AvgIpc) is 3.22. The van der Waals surface area contributed by atoms with Crippen molar-refractivity contribution in [2.24, 2.45) is 0 Å². The van der Waals surface area contributed by atoms with E-state index in [2.05, 4.69) is 32.0 Å². The number of halogens is 1. The number of nitrogens with one attached hydrogen (secondary N) is 1. The molecule has 148 valence electrons. The number of ether oxygens (including phenoxy) is 2. The van der Waals surface area contributed by atoms with Crippen molar-refractivity contribution in [1.29, 1.82) is 0 Å². The van der Waals surface area contributed by atoms with Gasteiger partial charge in [0, 0.05) is 32.4 Å². The summed E-state index contributed by atoms with van der Waals surface area (Å²) >= 11 is 6.23. The molecule has 0 atom stereocenters. The van der Waals surface area contributed by atoms with Gasteiger partial charge >= 0.3 is 0 Å². The summed E-state index contributed by atoms with van der Waals surface area (Å²) in [5.74, 6) is 1.09. The van der Waals surface area contributed by atoms with Gasteiger partial charge in [0.1, 0.15) is 5.69 Å². The molecule has 0 spiro atoms. The van der Waals surface area contributed by atoms with Gasteiger partial charge in [-0.2, -0.15) is 10.1 Å². The number of hydrogen-bond acceptors (Lipinski definition) is 7. The van der Waals surface area contributed by atoms with Gasteiger partial charge in [0.25, 0.3) is 5.88 Å². The Morgan fingerprint density at radius 3 is 2.93 bits per heavy atom. The van der Waals surface area contributed by atoms with Gasteiger partial charge < -0.3 is 14.8 Å². The van der Waals surface area contributed by atoms with Crippen LogP contribution in [0.1, 0.15) is 37.9 Å². The average molecular weight is 404 g/mol. The van der Waals surface area contributed by atoms with E-state index >= 15 is 0 Å². The van der Waals surface area contributed by atoms with Crippen LogP contribution in [0.15, 0.2) is 6.20 Å². The van der Waals surface area contributed by atoms with Crippen LogP contribution in [0.4, 0.5) is 11.6 Å². The van der Waals surface area contributed by atoms with Crippen molar-refractivity contribution in [2.45, 2.75) is 45.2 Å². The van der Waals surface area contributed by atoms with Crippen molar-refractivity contribution in [3.05, 3.63) is 17.0 Å². The minimum Gasteiger partial charge on any atom is -0.475 e. The second-order valence-corrected chi connectivity index (χ2v) is 7.40. The van der Waals surface area contributed by atoms with Crippen LogP contribution in [-0.2, 0) is 17.7 Å². The van der Waals surface area contributed by atoms with Gasteiger partial charge in [-0.05, 0) is 19.3 Å². The van der Waals surface area contributed by atoms with Gasteiger partial charge in [-0.25, -0.2) is 9.67 Å². The van der Waals surface area contributed by atoms with E-state index in [-0.39, 0.29) is 0 Å². The molecule has 3 aromatic rings. The minimum atomic E-state index is 0.318. The standard InChI is InChI=1S/C18H22ClN7O2/c1-2-13-14-17(24-26(13)11-4-8-27-9-5-11)28-7-3-6-25-16-12(15(19)23-25)10-20-18(21-14)22-16/h10-11H,2-9H2,1H3,(H,20,21,22). The van der Waals surface area contributed by atoms with Crippen LogP contribution >= 0.6 is 11.6 Å². The van der Waals surface area contributed by atoms with Gasteiger partial charge in [-0.3, -0.25) is 4.68 Å². The Bertz CT molecular complexity index is 1010. The number of hydrogen-bond donors (Lipinski definition) is 1. The third-order valence-corrected chi connectivity index (χ3v) is 5.56. The highest BCUT2D eigenvalue weighted by Crippen LogP contribution is 2.35. The first-order valence-corrected chi connectivity index (χ1v) is 10.1. The lowest BCUT2D eigenvalue weighted by Crippen LogP contribution is -2.22. The Hall–Kier alpha value is -2.39. The zero-order valence-corrected chi connectivity index (χ0v) is 16.4. The normalized spacial score (nSPS) is 17.8. The summed E-state index contributed by atoms with van der Waals surface area (Å²) in [5.41, 5.74) is 2.66. The highest BCUT2D eigenvalue weighted by atomic mass is 35.5. The van der Waals surface area contributed by atoms with Gasteiger partial charge in [0.05, 0.1) is 23.7 Å². The van der Waals surface area contributed by atoms with E-state index in [4.69, 9.17) is 26.2 Å². The summed E-state index contributed by atoms with van der Waals surface area (Å²) in [7, 11) is 0. The number of nitrogens with zero attached hydrogens (tertiary/aromatic N) is 6. The smallest absolute Gasteiger partial charge is 0.257 e. The molecule has 1 N–H and O–H groups in total. The molecule has 1 fully saturated rings. The van der Waals surface area contributed by atoms with Gasteiger partial charge in [0.2, 0.25) is 5.95 Å². The fraction of sp³-hybridized carbons (Fsp3) is 0.556. The van der Waals surface area contributed by atoms with Crippen LogP contribution in [0.5, 0.6) is 5.88 Å². The summed E-state index contributed by atoms with van der Waals surface area (Å²) in [6, 6.07) is 0.318. The first-order valence-electron chi connectivity index (χ1n) is 9.72. The zero-order valence-electron chi connectivity index (χ0n) is 15.7. The molecule has 0 radical (unpaired) electrons. The fourth-order valence-electron chi connectivity index (χ4n) is 3.88. The second kappa shape index (κ2) is 7.21. The molecule has 0 aromatic carbocycles. The van der Waals surface area contributed by atoms with E-state index in [0.29, 0.717) is 36.2 Å². The zero-order chi connectivity index (χ0) is 19.1. The third-order valence-electron chi connectivity index (χ3n) is 5.28. The van der Waals surface area contributed by atoms with Crippen molar-refractivity contribution in [3.63, 3.8) is 0 Å². The summed E-state index contributed by atoms with van der Waals surface area (Å²) < 4.78 is 15.5. The molecule has 3 aromatic heterocycles. The Balaban J connectivity index is 1.60. The molecule has 2 bridgehead atoms. The quantitative estimate of drug-likeness (QED) is 0.702.